The molecule has 0 bridgehead atoms. The van der Waals surface area contributed by atoms with E-state index >= 15 is 0 Å². The van der Waals surface area contributed by atoms with Gasteiger partial charge in [-0.2, -0.15) is 0 Å². The number of piperazine rings is 1. The Morgan fingerprint density at radius 1 is 1.03 bits per heavy atom. The van der Waals surface area contributed by atoms with E-state index in [-0.39, 0.29) is 18.6 Å². The first-order chi connectivity index (χ1) is 15.1. The van der Waals surface area contributed by atoms with Crippen molar-refractivity contribution >= 4 is 17.3 Å². The molecule has 166 valence electrons. The summed E-state index contributed by atoms with van der Waals surface area (Å²) >= 11 is 0. The second-order valence-electron chi connectivity index (χ2n) is 8.82. The number of benzene rings is 1. The molecule has 1 aliphatic carbocycles. The zero-order valence-electron chi connectivity index (χ0n) is 18.7. The zero-order valence-corrected chi connectivity index (χ0v) is 18.7. The largest absolute Gasteiger partial charge is 0.382 e. The number of carbonyl (C=O) groups is 1. The molecule has 0 spiro atoms. The van der Waals surface area contributed by atoms with E-state index in [0.717, 1.165) is 63.2 Å². The molecule has 2 aromatic rings. The monoisotopic (exact) mass is 422 g/mol. The smallest absolute Gasteiger partial charge is 0.248 e. The van der Waals surface area contributed by atoms with E-state index in [1.54, 1.807) is 0 Å². The summed E-state index contributed by atoms with van der Waals surface area (Å²) in [7, 11) is 0. The number of aryl methyl sites for hydroxylation is 2. The van der Waals surface area contributed by atoms with Crippen molar-refractivity contribution < 1.29 is 9.53 Å². The second kappa shape index (κ2) is 10.1. The highest BCUT2D eigenvalue weighted by Gasteiger charge is 2.25. The molecule has 2 fully saturated rings. The molecule has 1 aliphatic heterocycles. The summed E-state index contributed by atoms with van der Waals surface area (Å²) in [5, 5.41) is 3.60. The van der Waals surface area contributed by atoms with Crippen LogP contribution in [-0.4, -0.2) is 60.7 Å². The average Bonchev–Trinajstić information content (AvgIpc) is 2.79. The lowest BCUT2D eigenvalue weighted by Crippen LogP contribution is -2.50. The second-order valence-corrected chi connectivity index (χ2v) is 8.82. The van der Waals surface area contributed by atoms with Gasteiger partial charge in [0.2, 0.25) is 5.91 Å². The van der Waals surface area contributed by atoms with Gasteiger partial charge >= 0.3 is 0 Å². The first-order valence-corrected chi connectivity index (χ1v) is 11.5. The van der Waals surface area contributed by atoms with E-state index in [9.17, 15) is 4.79 Å². The third kappa shape index (κ3) is 5.97. The van der Waals surface area contributed by atoms with E-state index in [1.807, 2.05) is 24.1 Å². The number of nitrogens with zero attached hydrogens (tertiary/aromatic N) is 3. The third-order valence-electron chi connectivity index (χ3n) is 6.42. The number of anilines is 2. The Morgan fingerprint density at radius 3 is 2.42 bits per heavy atom. The molecule has 0 radical (unpaired) electrons. The summed E-state index contributed by atoms with van der Waals surface area (Å²) in [5.41, 5.74) is 4.67. The SMILES string of the molecule is Cc1ccc(N2CCN(C(=O)COC3CCC(Nc4ccnc(C)c4)CC3)CC2)cc1. The van der Waals surface area contributed by atoms with Crippen molar-refractivity contribution in [3.8, 4) is 0 Å². The van der Waals surface area contributed by atoms with Gasteiger partial charge in [0.15, 0.2) is 0 Å². The standard InChI is InChI=1S/C25H34N4O2/c1-19-3-7-23(8-4-19)28-13-15-29(16-14-28)25(30)18-31-24-9-5-21(6-10-24)27-22-11-12-26-20(2)17-22/h3-4,7-8,11-12,17,21,24H,5-6,9-10,13-16,18H2,1-2H3,(H,26,27). The molecule has 1 saturated carbocycles. The Balaban J connectivity index is 1.15. The third-order valence-corrected chi connectivity index (χ3v) is 6.42. The molecule has 1 N–H and O–H groups in total. The number of pyridine rings is 1. The molecule has 0 unspecified atom stereocenters. The summed E-state index contributed by atoms with van der Waals surface area (Å²) in [6, 6.07) is 13.2. The highest BCUT2D eigenvalue weighted by molar-refractivity contribution is 5.77. The van der Waals surface area contributed by atoms with Gasteiger partial charge in [0.1, 0.15) is 6.61 Å². The molecule has 2 heterocycles. The van der Waals surface area contributed by atoms with Crippen molar-refractivity contribution in [1.29, 1.82) is 0 Å². The lowest BCUT2D eigenvalue weighted by molar-refractivity contribution is -0.139. The number of hydrogen-bond donors (Lipinski definition) is 1. The van der Waals surface area contributed by atoms with Gasteiger partial charge in [-0.25, -0.2) is 0 Å². The van der Waals surface area contributed by atoms with Gasteiger partial charge in [-0.15, -0.1) is 0 Å². The molecule has 1 saturated heterocycles. The maximum Gasteiger partial charge on any atom is 0.248 e. The molecule has 1 amide bonds. The Hall–Kier alpha value is -2.60. The van der Waals surface area contributed by atoms with Gasteiger partial charge in [-0.1, -0.05) is 17.7 Å². The summed E-state index contributed by atoms with van der Waals surface area (Å²) in [6.07, 6.45) is 6.16. The van der Waals surface area contributed by atoms with Crippen LogP contribution in [0.4, 0.5) is 11.4 Å². The van der Waals surface area contributed by atoms with Crippen LogP contribution in [-0.2, 0) is 9.53 Å². The first-order valence-electron chi connectivity index (χ1n) is 11.5. The molecule has 31 heavy (non-hydrogen) atoms. The van der Waals surface area contributed by atoms with Crippen molar-refractivity contribution in [2.75, 3.05) is 43.0 Å². The van der Waals surface area contributed by atoms with E-state index in [0.29, 0.717) is 6.04 Å². The molecular formula is C25H34N4O2. The number of ether oxygens (including phenoxy) is 1. The van der Waals surface area contributed by atoms with Crippen molar-refractivity contribution in [1.82, 2.24) is 9.88 Å². The topological polar surface area (TPSA) is 57.7 Å². The minimum absolute atomic E-state index is 0.121. The van der Waals surface area contributed by atoms with Gasteiger partial charge in [-0.3, -0.25) is 9.78 Å². The van der Waals surface area contributed by atoms with Crippen LogP contribution in [0.25, 0.3) is 0 Å². The van der Waals surface area contributed by atoms with E-state index in [4.69, 9.17) is 4.74 Å². The van der Waals surface area contributed by atoms with Crippen LogP contribution in [0.2, 0.25) is 0 Å². The van der Waals surface area contributed by atoms with Gasteiger partial charge in [0.05, 0.1) is 6.10 Å². The molecule has 0 atom stereocenters. The first kappa shape index (κ1) is 21.6. The molecule has 6 heteroatoms. The summed E-state index contributed by atoms with van der Waals surface area (Å²) < 4.78 is 6.00. The Bertz CT molecular complexity index is 854. The predicted octanol–water partition coefficient (Wildman–Crippen LogP) is 3.79. The molecular weight excluding hydrogens is 388 g/mol. The summed E-state index contributed by atoms with van der Waals surface area (Å²) in [5.74, 6) is 0.121. The van der Waals surface area contributed by atoms with Crippen LogP contribution in [0.15, 0.2) is 42.6 Å². The molecule has 1 aromatic carbocycles. The van der Waals surface area contributed by atoms with Crippen LogP contribution in [0, 0.1) is 13.8 Å². The van der Waals surface area contributed by atoms with E-state index < -0.39 is 0 Å². The van der Waals surface area contributed by atoms with Gasteiger partial charge in [-0.05, 0) is 63.8 Å². The fourth-order valence-corrected chi connectivity index (χ4v) is 4.49. The normalized spacial score (nSPS) is 21.7. The quantitative estimate of drug-likeness (QED) is 0.768. The minimum Gasteiger partial charge on any atom is -0.382 e. The lowest BCUT2D eigenvalue weighted by Gasteiger charge is -2.36. The van der Waals surface area contributed by atoms with Crippen LogP contribution < -0.4 is 10.2 Å². The van der Waals surface area contributed by atoms with Crippen molar-refractivity contribution in [3.63, 3.8) is 0 Å². The van der Waals surface area contributed by atoms with Crippen LogP contribution in [0.5, 0.6) is 0 Å². The summed E-state index contributed by atoms with van der Waals surface area (Å²) in [6.45, 7) is 7.59. The van der Waals surface area contributed by atoms with Crippen molar-refractivity contribution in [2.24, 2.45) is 0 Å². The van der Waals surface area contributed by atoms with E-state index in [2.05, 4.69) is 52.5 Å². The summed E-state index contributed by atoms with van der Waals surface area (Å²) in [4.78, 5) is 21.2. The Labute approximate surface area is 185 Å². The highest BCUT2D eigenvalue weighted by atomic mass is 16.5. The van der Waals surface area contributed by atoms with Gasteiger partial charge in [0.25, 0.3) is 0 Å². The van der Waals surface area contributed by atoms with Crippen LogP contribution >= 0.6 is 0 Å². The van der Waals surface area contributed by atoms with Crippen molar-refractivity contribution in [2.45, 2.75) is 51.7 Å². The van der Waals surface area contributed by atoms with E-state index in [1.165, 1.54) is 11.3 Å². The van der Waals surface area contributed by atoms with Gasteiger partial charge < -0.3 is 19.9 Å². The number of hydrogen-bond acceptors (Lipinski definition) is 5. The fraction of sp³-hybridized carbons (Fsp3) is 0.520. The number of amides is 1. The molecule has 6 nitrogen and oxygen atoms in total. The maximum absolute atomic E-state index is 12.6. The van der Waals surface area contributed by atoms with Crippen molar-refractivity contribution in [3.05, 3.63) is 53.9 Å². The fourth-order valence-electron chi connectivity index (χ4n) is 4.49. The van der Waals surface area contributed by atoms with Crippen LogP contribution in [0.1, 0.15) is 36.9 Å². The van der Waals surface area contributed by atoms with Gasteiger partial charge in [0, 0.05) is 55.5 Å². The molecule has 2 aliphatic rings. The Morgan fingerprint density at radius 2 is 1.74 bits per heavy atom. The highest BCUT2D eigenvalue weighted by Crippen LogP contribution is 2.24. The molecule has 1 aromatic heterocycles. The lowest BCUT2D eigenvalue weighted by atomic mass is 9.93. The zero-order chi connectivity index (χ0) is 21.6. The Kier molecular flexibility index (Phi) is 7.07. The molecule has 4 rings (SSSR count). The number of rotatable bonds is 6. The number of nitrogens with one attached hydrogen (secondary N) is 1. The maximum atomic E-state index is 12.6. The predicted molar refractivity (Wildman–Crippen MR) is 125 cm³/mol. The number of aromatic nitrogens is 1. The van der Waals surface area contributed by atoms with Crippen LogP contribution in [0.3, 0.4) is 0 Å². The number of carbonyl (C=O) groups excluding carboxylic acids is 1. The average molecular weight is 423 g/mol. The minimum atomic E-state index is 0.121.